The molecule has 2 atom stereocenters. The van der Waals surface area contributed by atoms with Crippen LogP contribution in [0.15, 0.2) is 18.3 Å². The Kier molecular flexibility index (Phi) is 3.61. The highest BCUT2D eigenvalue weighted by atomic mass is 32.2. The molecule has 0 radical (unpaired) electrons. The van der Waals surface area contributed by atoms with Crippen molar-refractivity contribution >= 4 is 11.8 Å². The molecule has 1 aliphatic rings. The molecule has 2 rings (SSSR count). The molecule has 1 aliphatic heterocycles. The molecule has 1 aromatic heterocycles. The molecular weight excluding hydrogens is 208 g/mol. The van der Waals surface area contributed by atoms with Crippen LogP contribution in [0.25, 0.3) is 0 Å². The van der Waals surface area contributed by atoms with Gasteiger partial charge in [-0.25, -0.2) is 0 Å². The van der Waals surface area contributed by atoms with Crippen LogP contribution in [0.3, 0.4) is 0 Å². The molecule has 3 nitrogen and oxygen atoms in total. The zero-order valence-corrected chi connectivity index (χ0v) is 9.67. The van der Waals surface area contributed by atoms with E-state index >= 15 is 0 Å². The first-order valence-corrected chi connectivity index (χ1v) is 6.30. The summed E-state index contributed by atoms with van der Waals surface area (Å²) in [5.74, 6) is 2.06. The Labute approximate surface area is 94.4 Å². The zero-order valence-electron chi connectivity index (χ0n) is 8.85. The van der Waals surface area contributed by atoms with Crippen molar-refractivity contribution < 1.29 is 4.74 Å². The van der Waals surface area contributed by atoms with Gasteiger partial charge in [-0.1, -0.05) is 6.07 Å². The lowest BCUT2D eigenvalue weighted by Gasteiger charge is -2.27. The van der Waals surface area contributed by atoms with Crippen molar-refractivity contribution in [1.29, 1.82) is 0 Å². The topological polar surface area (TPSA) is 48.1 Å². The van der Waals surface area contributed by atoms with E-state index in [-0.39, 0.29) is 12.1 Å². The Hall–Kier alpha value is -0.580. The number of nitrogens with two attached hydrogens (primary N) is 1. The van der Waals surface area contributed by atoms with Crippen molar-refractivity contribution in [2.24, 2.45) is 5.73 Å². The largest absolute Gasteiger partial charge is 0.375 e. The van der Waals surface area contributed by atoms with E-state index in [1.54, 1.807) is 0 Å². The van der Waals surface area contributed by atoms with Gasteiger partial charge in [-0.3, -0.25) is 4.98 Å². The van der Waals surface area contributed by atoms with Gasteiger partial charge in [0, 0.05) is 23.4 Å². The quantitative estimate of drug-likeness (QED) is 0.827. The third-order valence-electron chi connectivity index (χ3n) is 2.56. The number of rotatable bonds is 2. The summed E-state index contributed by atoms with van der Waals surface area (Å²) in [6.07, 6.45) is 1.98. The Bertz CT molecular complexity index is 309. The van der Waals surface area contributed by atoms with Gasteiger partial charge >= 0.3 is 0 Å². The molecule has 0 aliphatic carbocycles. The van der Waals surface area contributed by atoms with E-state index in [2.05, 4.69) is 4.98 Å². The summed E-state index contributed by atoms with van der Waals surface area (Å²) in [5.41, 5.74) is 8.22. The van der Waals surface area contributed by atoms with Crippen molar-refractivity contribution in [2.45, 2.75) is 19.1 Å². The molecule has 82 valence electrons. The number of nitrogens with zero attached hydrogens (tertiary/aromatic N) is 1. The Balaban J connectivity index is 2.05. The standard InChI is InChI=1S/C11H16N2OS/c1-8-2-3-9(6-13-8)11(12)10-7-15-5-4-14-10/h2-3,6,10-11H,4-5,7,12H2,1H3. The zero-order chi connectivity index (χ0) is 10.7. The molecule has 1 fully saturated rings. The molecule has 0 bridgehead atoms. The van der Waals surface area contributed by atoms with E-state index in [1.807, 2.05) is 37.0 Å². The molecule has 4 heteroatoms. The minimum Gasteiger partial charge on any atom is -0.375 e. The van der Waals surface area contributed by atoms with Gasteiger partial charge in [-0.05, 0) is 18.6 Å². The van der Waals surface area contributed by atoms with E-state index in [0.29, 0.717) is 0 Å². The normalized spacial score (nSPS) is 23.7. The predicted molar refractivity (Wildman–Crippen MR) is 63.0 cm³/mol. The Morgan fingerprint density at radius 3 is 3.07 bits per heavy atom. The van der Waals surface area contributed by atoms with Gasteiger partial charge in [-0.15, -0.1) is 0 Å². The number of thioether (sulfide) groups is 1. The maximum atomic E-state index is 6.14. The summed E-state index contributed by atoms with van der Waals surface area (Å²) < 4.78 is 5.65. The SMILES string of the molecule is Cc1ccc(C(N)C2CSCCO2)cn1. The summed E-state index contributed by atoms with van der Waals surface area (Å²) in [4.78, 5) is 4.25. The number of pyridine rings is 1. The van der Waals surface area contributed by atoms with E-state index in [4.69, 9.17) is 10.5 Å². The highest BCUT2D eigenvalue weighted by molar-refractivity contribution is 7.99. The predicted octanol–water partition coefficient (Wildman–Crippen LogP) is 1.52. The van der Waals surface area contributed by atoms with Gasteiger partial charge < -0.3 is 10.5 Å². The summed E-state index contributed by atoms with van der Waals surface area (Å²) in [7, 11) is 0. The molecule has 2 unspecified atom stereocenters. The van der Waals surface area contributed by atoms with Gasteiger partial charge in [-0.2, -0.15) is 11.8 Å². The van der Waals surface area contributed by atoms with Crippen molar-refractivity contribution in [2.75, 3.05) is 18.1 Å². The minimum absolute atomic E-state index is 0.0501. The van der Waals surface area contributed by atoms with Gasteiger partial charge in [0.25, 0.3) is 0 Å². The molecule has 1 saturated heterocycles. The lowest BCUT2D eigenvalue weighted by Crippen LogP contribution is -2.34. The van der Waals surface area contributed by atoms with Crippen LogP contribution in [0.4, 0.5) is 0 Å². The van der Waals surface area contributed by atoms with Crippen molar-refractivity contribution in [1.82, 2.24) is 4.98 Å². The van der Waals surface area contributed by atoms with Crippen molar-refractivity contribution in [3.63, 3.8) is 0 Å². The molecular formula is C11H16N2OS. The molecule has 0 aromatic carbocycles. The maximum absolute atomic E-state index is 6.14. The number of ether oxygens (including phenoxy) is 1. The first-order valence-electron chi connectivity index (χ1n) is 5.15. The van der Waals surface area contributed by atoms with Gasteiger partial charge in [0.05, 0.1) is 18.8 Å². The lowest BCUT2D eigenvalue weighted by atomic mass is 10.1. The molecule has 15 heavy (non-hydrogen) atoms. The van der Waals surface area contributed by atoms with E-state index < -0.39 is 0 Å². The van der Waals surface area contributed by atoms with Crippen LogP contribution < -0.4 is 5.73 Å². The molecule has 0 amide bonds. The third-order valence-corrected chi connectivity index (χ3v) is 3.58. The summed E-state index contributed by atoms with van der Waals surface area (Å²) in [6, 6.07) is 3.98. The van der Waals surface area contributed by atoms with Crippen LogP contribution >= 0.6 is 11.8 Å². The first-order chi connectivity index (χ1) is 7.27. The fourth-order valence-corrected chi connectivity index (χ4v) is 2.52. The monoisotopic (exact) mass is 224 g/mol. The van der Waals surface area contributed by atoms with Crippen LogP contribution in [0.1, 0.15) is 17.3 Å². The highest BCUT2D eigenvalue weighted by Gasteiger charge is 2.23. The number of aromatic nitrogens is 1. The highest BCUT2D eigenvalue weighted by Crippen LogP contribution is 2.23. The fourth-order valence-electron chi connectivity index (χ4n) is 1.60. The molecule has 1 aromatic rings. The third kappa shape index (κ3) is 2.71. The van der Waals surface area contributed by atoms with Crippen molar-refractivity contribution in [3.05, 3.63) is 29.6 Å². The van der Waals surface area contributed by atoms with E-state index in [1.165, 1.54) is 0 Å². The second-order valence-corrected chi connectivity index (χ2v) is 4.89. The van der Waals surface area contributed by atoms with Gasteiger partial charge in [0.2, 0.25) is 0 Å². The fraction of sp³-hybridized carbons (Fsp3) is 0.545. The van der Waals surface area contributed by atoms with Crippen LogP contribution in [0.5, 0.6) is 0 Å². The van der Waals surface area contributed by atoms with Crippen LogP contribution in [-0.4, -0.2) is 29.2 Å². The summed E-state index contributed by atoms with van der Waals surface area (Å²) in [5, 5.41) is 0. The number of hydrogen-bond donors (Lipinski definition) is 1. The molecule has 2 N–H and O–H groups in total. The molecule has 0 spiro atoms. The van der Waals surface area contributed by atoms with E-state index in [9.17, 15) is 0 Å². The minimum atomic E-state index is -0.0501. The Morgan fingerprint density at radius 2 is 2.47 bits per heavy atom. The van der Waals surface area contributed by atoms with Crippen LogP contribution in [0, 0.1) is 6.92 Å². The first kappa shape index (κ1) is 10.9. The average Bonchev–Trinajstić information content (AvgIpc) is 2.30. The van der Waals surface area contributed by atoms with Crippen molar-refractivity contribution in [3.8, 4) is 0 Å². The summed E-state index contributed by atoms with van der Waals surface area (Å²) in [6.45, 7) is 2.78. The smallest absolute Gasteiger partial charge is 0.0858 e. The Morgan fingerprint density at radius 1 is 1.60 bits per heavy atom. The summed E-state index contributed by atoms with van der Waals surface area (Å²) >= 11 is 1.90. The van der Waals surface area contributed by atoms with Gasteiger partial charge in [0.15, 0.2) is 0 Å². The van der Waals surface area contributed by atoms with Crippen LogP contribution in [0.2, 0.25) is 0 Å². The number of aryl methyl sites for hydroxylation is 1. The molecule has 2 heterocycles. The number of hydrogen-bond acceptors (Lipinski definition) is 4. The average molecular weight is 224 g/mol. The maximum Gasteiger partial charge on any atom is 0.0858 e. The lowest BCUT2D eigenvalue weighted by molar-refractivity contribution is 0.0568. The van der Waals surface area contributed by atoms with Gasteiger partial charge in [0.1, 0.15) is 0 Å². The van der Waals surface area contributed by atoms with E-state index in [0.717, 1.165) is 29.4 Å². The van der Waals surface area contributed by atoms with Crippen LogP contribution in [-0.2, 0) is 4.74 Å². The second-order valence-electron chi connectivity index (χ2n) is 3.74. The molecule has 0 saturated carbocycles. The second kappa shape index (κ2) is 4.96.